The van der Waals surface area contributed by atoms with Crippen molar-refractivity contribution in [1.82, 2.24) is 0 Å². The van der Waals surface area contributed by atoms with Gasteiger partial charge < -0.3 is 4.74 Å². The van der Waals surface area contributed by atoms with E-state index in [2.05, 4.69) is 0 Å². The third-order valence-corrected chi connectivity index (χ3v) is 2.15. The summed E-state index contributed by atoms with van der Waals surface area (Å²) in [5.74, 6) is 0.958. The Balaban J connectivity index is 2.43. The molecular weight excluding hydrogens is 200 g/mol. The molecule has 0 aromatic heterocycles. The van der Waals surface area contributed by atoms with Gasteiger partial charge in [-0.25, -0.2) is 0 Å². The molecule has 0 spiro atoms. The second-order valence-electron chi connectivity index (χ2n) is 2.58. The molecule has 0 aliphatic rings. The van der Waals surface area contributed by atoms with Crippen LogP contribution in [-0.4, -0.2) is 17.3 Å². The van der Waals surface area contributed by atoms with Gasteiger partial charge in [0.25, 0.3) is 0 Å². The summed E-state index contributed by atoms with van der Waals surface area (Å²) >= 11 is 1.11. The van der Waals surface area contributed by atoms with Crippen molar-refractivity contribution in [2.75, 3.05) is 5.94 Å². The number of benzene rings is 1. The van der Waals surface area contributed by atoms with Crippen LogP contribution in [0.3, 0.4) is 0 Å². The van der Waals surface area contributed by atoms with Gasteiger partial charge in [-0.3, -0.25) is 9.59 Å². The maximum atomic E-state index is 10.6. The molecule has 0 fully saturated rings. The highest BCUT2D eigenvalue weighted by molar-refractivity contribution is 8.13. The van der Waals surface area contributed by atoms with Gasteiger partial charge in [-0.15, -0.1) is 0 Å². The molecule has 1 rings (SSSR count). The average Bonchev–Trinajstić information content (AvgIpc) is 2.18. The molecule has 3 nitrogen and oxygen atoms in total. The number of carbonyl (C=O) groups excluding carboxylic acids is 2. The minimum Gasteiger partial charge on any atom is -0.483 e. The number of hydrogen-bond donors (Lipinski definition) is 0. The highest BCUT2D eigenvalue weighted by Gasteiger charge is 1.96. The van der Waals surface area contributed by atoms with Crippen LogP contribution in [0.25, 0.3) is 0 Å². The molecule has 0 radical (unpaired) electrons. The Kier molecular flexibility index (Phi) is 4.19. The van der Waals surface area contributed by atoms with Gasteiger partial charge in [-0.05, 0) is 36.0 Å². The molecule has 4 heteroatoms. The lowest BCUT2D eigenvalue weighted by Crippen LogP contribution is -1.95. The van der Waals surface area contributed by atoms with Gasteiger partial charge in [0.15, 0.2) is 5.12 Å². The van der Waals surface area contributed by atoms with E-state index >= 15 is 0 Å². The maximum Gasteiger partial charge on any atom is 0.189 e. The first kappa shape index (κ1) is 10.8. The Morgan fingerprint density at radius 1 is 1.43 bits per heavy atom. The van der Waals surface area contributed by atoms with E-state index in [4.69, 9.17) is 4.74 Å². The largest absolute Gasteiger partial charge is 0.483 e. The molecule has 14 heavy (non-hydrogen) atoms. The molecule has 0 amide bonds. The molecule has 0 heterocycles. The Morgan fingerprint density at radius 3 is 2.57 bits per heavy atom. The van der Waals surface area contributed by atoms with Gasteiger partial charge in [0, 0.05) is 12.5 Å². The second kappa shape index (κ2) is 5.44. The van der Waals surface area contributed by atoms with Crippen molar-refractivity contribution in [3.63, 3.8) is 0 Å². The van der Waals surface area contributed by atoms with Crippen molar-refractivity contribution in [1.29, 1.82) is 0 Å². The number of aldehydes is 1. The van der Waals surface area contributed by atoms with E-state index in [1.54, 1.807) is 24.3 Å². The van der Waals surface area contributed by atoms with E-state index in [1.807, 2.05) is 0 Å². The van der Waals surface area contributed by atoms with Gasteiger partial charge >= 0.3 is 0 Å². The molecule has 0 bridgehead atoms. The third-order valence-electron chi connectivity index (χ3n) is 1.50. The number of rotatable bonds is 4. The Labute approximate surface area is 86.5 Å². The molecule has 0 aliphatic heterocycles. The fraction of sp³-hybridized carbons (Fsp3) is 0.200. The summed E-state index contributed by atoms with van der Waals surface area (Å²) in [6.07, 6.45) is 0.772. The van der Waals surface area contributed by atoms with E-state index < -0.39 is 0 Å². The van der Waals surface area contributed by atoms with Gasteiger partial charge in [-0.1, -0.05) is 0 Å². The zero-order valence-electron chi connectivity index (χ0n) is 7.73. The Hall–Kier alpha value is -1.29. The first-order valence-corrected chi connectivity index (χ1v) is 5.02. The van der Waals surface area contributed by atoms with Crippen LogP contribution in [0, 0.1) is 0 Å². The van der Waals surface area contributed by atoms with Crippen LogP contribution in [0.1, 0.15) is 17.3 Å². The van der Waals surface area contributed by atoms with E-state index in [0.717, 1.165) is 18.0 Å². The molecule has 1 aromatic carbocycles. The van der Waals surface area contributed by atoms with Crippen LogP contribution < -0.4 is 4.74 Å². The predicted octanol–water partition coefficient (Wildman–Crippen LogP) is 2.12. The summed E-state index contributed by atoms with van der Waals surface area (Å²) in [5.41, 5.74) is 0.608. The molecule has 0 unspecified atom stereocenters. The lowest BCUT2D eigenvalue weighted by atomic mass is 10.2. The van der Waals surface area contributed by atoms with Crippen LogP contribution in [0.2, 0.25) is 0 Å². The zero-order chi connectivity index (χ0) is 10.4. The highest BCUT2D eigenvalue weighted by atomic mass is 32.2. The molecule has 0 atom stereocenters. The van der Waals surface area contributed by atoms with Crippen LogP contribution >= 0.6 is 11.8 Å². The smallest absolute Gasteiger partial charge is 0.189 e. The molecule has 0 N–H and O–H groups in total. The quantitative estimate of drug-likeness (QED) is 0.564. The van der Waals surface area contributed by atoms with Crippen LogP contribution in [-0.2, 0) is 4.79 Å². The Morgan fingerprint density at radius 2 is 2.07 bits per heavy atom. The van der Waals surface area contributed by atoms with E-state index in [0.29, 0.717) is 17.3 Å². The monoisotopic (exact) mass is 210 g/mol. The van der Waals surface area contributed by atoms with Gasteiger partial charge in [0.2, 0.25) is 0 Å². The Bertz CT molecular complexity index is 319. The first-order chi connectivity index (χ1) is 6.72. The lowest BCUT2D eigenvalue weighted by Gasteiger charge is -2.03. The highest BCUT2D eigenvalue weighted by Crippen LogP contribution is 2.13. The number of carbonyl (C=O) groups is 2. The fourth-order valence-corrected chi connectivity index (χ4v) is 1.18. The normalized spacial score (nSPS) is 9.50. The topological polar surface area (TPSA) is 43.4 Å². The number of ether oxygens (including phenoxy) is 1. The van der Waals surface area contributed by atoms with Crippen molar-refractivity contribution < 1.29 is 14.3 Å². The van der Waals surface area contributed by atoms with Crippen molar-refractivity contribution in [3.05, 3.63) is 29.8 Å². The zero-order valence-corrected chi connectivity index (χ0v) is 8.54. The lowest BCUT2D eigenvalue weighted by molar-refractivity contribution is -0.109. The average molecular weight is 210 g/mol. The van der Waals surface area contributed by atoms with E-state index in [-0.39, 0.29) is 5.12 Å². The SMILES string of the molecule is CC(=O)SCOc1ccc(C=O)cc1. The van der Waals surface area contributed by atoms with Gasteiger partial charge in [0.05, 0.1) is 0 Å². The minimum atomic E-state index is 0.0227. The van der Waals surface area contributed by atoms with Crippen molar-refractivity contribution in [2.24, 2.45) is 0 Å². The van der Waals surface area contributed by atoms with E-state index in [1.165, 1.54) is 6.92 Å². The molecule has 0 aliphatic carbocycles. The molecule has 74 valence electrons. The molecule has 0 saturated heterocycles. The van der Waals surface area contributed by atoms with Crippen LogP contribution in [0.5, 0.6) is 5.75 Å². The van der Waals surface area contributed by atoms with Crippen LogP contribution in [0.15, 0.2) is 24.3 Å². The first-order valence-electron chi connectivity index (χ1n) is 4.04. The van der Waals surface area contributed by atoms with Crippen molar-refractivity contribution in [3.8, 4) is 5.75 Å². The number of hydrogen-bond acceptors (Lipinski definition) is 4. The predicted molar refractivity (Wildman–Crippen MR) is 55.6 cm³/mol. The standard InChI is InChI=1S/C10H10O3S/c1-8(12)14-7-13-10-4-2-9(6-11)3-5-10/h2-6H,7H2,1H3. The fourth-order valence-electron chi connectivity index (χ4n) is 0.823. The maximum absolute atomic E-state index is 10.6. The minimum absolute atomic E-state index is 0.0227. The van der Waals surface area contributed by atoms with Gasteiger partial charge in [-0.2, -0.15) is 0 Å². The molecular formula is C10H10O3S. The summed E-state index contributed by atoms with van der Waals surface area (Å²) < 4.78 is 5.24. The van der Waals surface area contributed by atoms with Crippen LogP contribution in [0.4, 0.5) is 0 Å². The van der Waals surface area contributed by atoms with Crippen molar-refractivity contribution >= 4 is 23.2 Å². The molecule has 0 saturated carbocycles. The third kappa shape index (κ3) is 3.62. The van der Waals surface area contributed by atoms with Gasteiger partial charge in [0.1, 0.15) is 18.0 Å². The molecule has 1 aromatic rings. The second-order valence-corrected chi connectivity index (χ2v) is 3.68. The van der Waals surface area contributed by atoms with E-state index in [9.17, 15) is 9.59 Å². The summed E-state index contributed by atoms with van der Waals surface area (Å²) in [6, 6.07) is 6.73. The number of thioether (sulfide) groups is 1. The van der Waals surface area contributed by atoms with Crippen molar-refractivity contribution in [2.45, 2.75) is 6.92 Å². The summed E-state index contributed by atoms with van der Waals surface area (Å²) in [6.45, 7) is 1.49. The summed E-state index contributed by atoms with van der Waals surface area (Å²) in [4.78, 5) is 20.9. The summed E-state index contributed by atoms with van der Waals surface area (Å²) in [5, 5.41) is 0.0227. The summed E-state index contributed by atoms with van der Waals surface area (Å²) in [7, 11) is 0.